The van der Waals surface area contributed by atoms with Gasteiger partial charge in [0.1, 0.15) is 5.03 Å². The van der Waals surface area contributed by atoms with Crippen LogP contribution in [0.3, 0.4) is 0 Å². The third-order valence-electron chi connectivity index (χ3n) is 2.43. The number of aromatic carboxylic acids is 1. The molecule has 0 aliphatic rings. The Labute approximate surface area is 124 Å². The zero-order valence-corrected chi connectivity index (χ0v) is 13.0. The van der Waals surface area contributed by atoms with Gasteiger partial charge < -0.3 is 10.0 Å². The van der Waals surface area contributed by atoms with E-state index in [1.807, 2.05) is 25.9 Å². The van der Waals surface area contributed by atoms with Gasteiger partial charge in [0.2, 0.25) is 5.13 Å². The average molecular weight is 310 g/mol. The van der Waals surface area contributed by atoms with Gasteiger partial charge in [-0.15, -0.1) is 10.2 Å². The van der Waals surface area contributed by atoms with Crippen LogP contribution in [0.4, 0.5) is 5.13 Å². The maximum Gasteiger partial charge on any atom is 0.335 e. The minimum atomic E-state index is -0.949. The van der Waals surface area contributed by atoms with Crippen LogP contribution in [0.1, 0.15) is 23.0 Å². The van der Waals surface area contributed by atoms with Crippen molar-refractivity contribution in [3.05, 3.63) is 23.4 Å². The van der Waals surface area contributed by atoms with Gasteiger partial charge in [-0.2, -0.15) is 0 Å². The summed E-state index contributed by atoms with van der Waals surface area (Å²) in [4.78, 5) is 17.4. The molecule has 0 amide bonds. The summed E-state index contributed by atoms with van der Waals surface area (Å²) >= 11 is 2.77. The first-order valence-corrected chi connectivity index (χ1v) is 7.56. The van der Waals surface area contributed by atoms with Crippen molar-refractivity contribution in [3.63, 3.8) is 0 Å². The van der Waals surface area contributed by atoms with Crippen molar-refractivity contribution >= 4 is 34.2 Å². The van der Waals surface area contributed by atoms with E-state index in [4.69, 9.17) is 5.11 Å². The molecule has 2 rings (SSSR count). The molecule has 2 aromatic rings. The fourth-order valence-corrected chi connectivity index (χ4v) is 3.19. The number of aryl methyl sites for hydroxylation is 1. The van der Waals surface area contributed by atoms with Gasteiger partial charge in [-0.1, -0.05) is 18.3 Å². The van der Waals surface area contributed by atoms with Crippen molar-refractivity contribution < 1.29 is 9.90 Å². The first kappa shape index (κ1) is 14.7. The zero-order chi connectivity index (χ0) is 14.7. The molecule has 0 spiro atoms. The lowest BCUT2D eigenvalue weighted by Crippen LogP contribution is -2.07. The highest BCUT2D eigenvalue weighted by atomic mass is 32.2. The first-order valence-electron chi connectivity index (χ1n) is 5.92. The van der Waals surface area contributed by atoms with Crippen LogP contribution in [-0.2, 0) is 6.42 Å². The second-order valence-corrected chi connectivity index (χ2v) is 6.41. The SMILES string of the molecule is CCc1cc(C(=O)O)cc(Sc2nnc(N(C)C)s2)n1. The summed E-state index contributed by atoms with van der Waals surface area (Å²) in [5.41, 5.74) is 1.00. The molecular formula is C12H14N4O2S2. The molecular weight excluding hydrogens is 296 g/mol. The molecule has 0 fully saturated rings. The summed E-state index contributed by atoms with van der Waals surface area (Å²) in [6.45, 7) is 1.94. The predicted octanol–water partition coefficient (Wildman–Crippen LogP) is 2.41. The molecule has 0 aliphatic heterocycles. The summed E-state index contributed by atoms with van der Waals surface area (Å²) in [6.07, 6.45) is 0.688. The number of hydrogen-bond acceptors (Lipinski definition) is 7. The quantitative estimate of drug-likeness (QED) is 0.908. The van der Waals surface area contributed by atoms with E-state index in [1.54, 1.807) is 12.1 Å². The van der Waals surface area contributed by atoms with E-state index in [1.165, 1.54) is 23.1 Å². The smallest absolute Gasteiger partial charge is 0.335 e. The van der Waals surface area contributed by atoms with E-state index in [-0.39, 0.29) is 5.56 Å². The number of nitrogens with zero attached hydrogens (tertiary/aromatic N) is 4. The molecule has 0 aromatic carbocycles. The highest BCUT2D eigenvalue weighted by Gasteiger charge is 2.12. The minimum absolute atomic E-state index is 0.247. The van der Waals surface area contributed by atoms with Crippen LogP contribution < -0.4 is 4.90 Å². The largest absolute Gasteiger partial charge is 0.478 e. The second kappa shape index (κ2) is 6.19. The van der Waals surface area contributed by atoms with E-state index < -0.39 is 5.97 Å². The van der Waals surface area contributed by atoms with Gasteiger partial charge >= 0.3 is 5.97 Å². The fourth-order valence-electron chi connectivity index (χ4n) is 1.43. The van der Waals surface area contributed by atoms with Crippen molar-refractivity contribution in [2.75, 3.05) is 19.0 Å². The number of aromatic nitrogens is 3. The number of hydrogen-bond donors (Lipinski definition) is 1. The maximum absolute atomic E-state index is 11.1. The van der Waals surface area contributed by atoms with E-state index >= 15 is 0 Å². The van der Waals surface area contributed by atoms with Crippen LogP contribution in [0, 0.1) is 0 Å². The number of pyridine rings is 1. The summed E-state index contributed by atoms with van der Waals surface area (Å²) in [5.74, 6) is -0.949. The van der Waals surface area contributed by atoms with Crippen molar-refractivity contribution in [2.45, 2.75) is 22.7 Å². The summed E-state index contributed by atoms with van der Waals surface area (Å²) in [7, 11) is 3.79. The molecule has 0 aliphatic carbocycles. The van der Waals surface area contributed by atoms with Crippen LogP contribution in [0.15, 0.2) is 21.5 Å². The molecule has 20 heavy (non-hydrogen) atoms. The third-order valence-corrected chi connectivity index (χ3v) is 4.49. The van der Waals surface area contributed by atoms with E-state index in [0.717, 1.165) is 15.2 Å². The fraction of sp³-hybridized carbons (Fsp3) is 0.333. The Morgan fingerprint density at radius 1 is 1.40 bits per heavy atom. The van der Waals surface area contributed by atoms with Gasteiger partial charge in [-0.05, 0) is 30.3 Å². The van der Waals surface area contributed by atoms with Crippen molar-refractivity contribution in [2.24, 2.45) is 0 Å². The Bertz CT molecular complexity index is 628. The number of carbonyl (C=O) groups is 1. The lowest BCUT2D eigenvalue weighted by atomic mass is 10.2. The van der Waals surface area contributed by atoms with Crippen molar-refractivity contribution in [3.8, 4) is 0 Å². The molecule has 6 nitrogen and oxygen atoms in total. The Hall–Kier alpha value is -1.67. The number of carboxylic acids is 1. The Morgan fingerprint density at radius 3 is 2.70 bits per heavy atom. The third kappa shape index (κ3) is 3.45. The zero-order valence-electron chi connectivity index (χ0n) is 11.3. The topological polar surface area (TPSA) is 79.2 Å². The maximum atomic E-state index is 11.1. The van der Waals surface area contributed by atoms with Gasteiger partial charge in [0.05, 0.1) is 5.56 Å². The second-order valence-electron chi connectivity index (χ2n) is 4.19. The number of anilines is 1. The number of carboxylic acid groups (broad SMARTS) is 1. The van der Waals surface area contributed by atoms with Gasteiger partial charge in [0.25, 0.3) is 0 Å². The highest BCUT2D eigenvalue weighted by molar-refractivity contribution is 8.01. The molecule has 1 N–H and O–H groups in total. The molecule has 0 bridgehead atoms. The Morgan fingerprint density at radius 2 is 2.15 bits per heavy atom. The molecule has 106 valence electrons. The minimum Gasteiger partial charge on any atom is -0.478 e. The van der Waals surface area contributed by atoms with Gasteiger partial charge in [0, 0.05) is 19.8 Å². The molecule has 0 saturated heterocycles. The monoisotopic (exact) mass is 310 g/mol. The summed E-state index contributed by atoms with van der Waals surface area (Å²) in [6, 6.07) is 3.15. The van der Waals surface area contributed by atoms with E-state index in [9.17, 15) is 4.79 Å². The van der Waals surface area contributed by atoms with Crippen LogP contribution in [0.2, 0.25) is 0 Å². The van der Waals surface area contributed by atoms with E-state index in [2.05, 4.69) is 15.2 Å². The molecule has 8 heteroatoms. The molecule has 0 saturated carbocycles. The standard InChI is InChI=1S/C12H14N4O2S2/c1-4-8-5-7(10(17)18)6-9(13-8)19-12-15-14-11(20-12)16(2)3/h5-6H,4H2,1-3H3,(H,17,18). The van der Waals surface area contributed by atoms with Crippen LogP contribution >= 0.6 is 23.1 Å². The van der Waals surface area contributed by atoms with Crippen LogP contribution in [0.5, 0.6) is 0 Å². The first-order chi connectivity index (χ1) is 9.49. The molecule has 2 aromatic heterocycles. The molecule has 0 radical (unpaired) electrons. The van der Waals surface area contributed by atoms with Crippen LogP contribution in [-0.4, -0.2) is 40.4 Å². The van der Waals surface area contributed by atoms with Crippen LogP contribution in [0.25, 0.3) is 0 Å². The normalized spacial score (nSPS) is 10.6. The van der Waals surface area contributed by atoms with Gasteiger partial charge in [-0.3, -0.25) is 0 Å². The number of rotatable bonds is 5. The summed E-state index contributed by atoms with van der Waals surface area (Å²) in [5, 5.41) is 18.6. The summed E-state index contributed by atoms with van der Waals surface area (Å²) < 4.78 is 0.741. The van der Waals surface area contributed by atoms with Crippen molar-refractivity contribution in [1.29, 1.82) is 0 Å². The highest BCUT2D eigenvalue weighted by Crippen LogP contribution is 2.32. The average Bonchev–Trinajstić information content (AvgIpc) is 2.87. The van der Waals surface area contributed by atoms with E-state index in [0.29, 0.717) is 11.4 Å². The Balaban J connectivity index is 2.27. The Kier molecular flexibility index (Phi) is 4.56. The van der Waals surface area contributed by atoms with Gasteiger partial charge in [0.15, 0.2) is 4.34 Å². The predicted molar refractivity (Wildman–Crippen MR) is 78.9 cm³/mol. The van der Waals surface area contributed by atoms with Crippen molar-refractivity contribution in [1.82, 2.24) is 15.2 Å². The lowest BCUT2D eigenvalue weighted by Gasteiger charge is -2.04. The lowest BCUT2D eigenvalue weighted by molar-refractivity contribution is 0.0696. The molecule has 0 atom stereocenters. The molecule has 2 heterocycles. The molecule has 0 unspecified atom stereocenters. The van der Waals surface area contributed by atoms with Gasteiger partial charge in [-0.25, -0.2) is 9.78 Å².